The Balaban J connectivity index is 2.35. The summed E-state index contributed by atoms with van der Waals surface area (Å²) in [7, 11) is 0. The maximum absolute atomic E-state index is 14.2. The molecule has 1 saturated carbocycles. The van der Waals surface area contributed by atoms with Gasteiger partial charge in [0.25, 0.3) is 0 Å². The third kappa shape index (κ3) is 2.75. The summed E-state index contributed by atoms with van der Waals surface area (Å²) in [6, 6.07) is 1.65. The molecule has 1 aromatic carbocycles. The molecule has 4 heteroatoms. The van der Waals surface area contributed by atoms with E-state index in [4.69, 9.17) is 5.73 Å². The quantitative estimate of drug-likeness (QED) is 0.722. The van der Waals surface area contributed by atoms with Gasteiger partial charge in [-0.25, -0.2) is 4.39 Å². The number of nitrogens with two attached hydrogens (primary N) is 1. The van der Waals surface area contributed by atoms with Crippen molar-refractivity contribution >= 4 is 11.4 Å². The Hall–Kier alpha value is -1.29. The van der Waals surface area contributed by atoms with Gasteiger partial charge in [0.1, 0.15) is 5.82 Å². The van der Waals surface area contributed by atoms with Crippen LogP contribution in [0.2, 0.25) is 0 Å². The average molecular weight is 252 g/mol. The van der Waals surface area contributed by atoms with Gasteiger partial charge in [0.2, 0.25) is 0 Å². The zero-order valence-corrected chi connectivity index (χ0v) is 11.2. The van der Waals surface area contributed by atoms with E-state index in [1.807, 2.05) is 0 Å². The van der Waals surface area contributed by atoms with Crippen LogP contribution in [0.1, 0.15) is 43.7 Å². The zero-order chi connectivity index (χ0) is 13.5. The molecule has 0 atom stereocenters. The minimum atomic E-state index is -0.853. The summed E-state index contributed by atoms with van der Waals surface area (Å²) in [5.41, 5.74) is 7.61. The van der Waals surface area contributed by atoms with E-state index in [2.05, 4.69) is 5.32 Å². The van der Waals surface area contributed by atoms with Crippen LogP contribution in [0.15, 0.2) is 6.07 Å². The number of hydrogen-bond donors (Lipinski definition) is 3. The third-order valence-electron chi connectivity index (χ3n) is 3.20. The molecule has 1 fully saturated rings. The molecule has 1 aliphatic carbocycles. The second kappa shape index (κ2) is 4.43. The van der Waals surface area contributed by atoms with Crippen LogP contribution >= 0.6 is 0 Å². The summed E-state index contributed by atoms with van der Waals surface area (Å²) in [4.78, 5) is 0. The van der Waals surface area contributed by atoms with Gasteiger partial charge in [-0.2, -0.15) is 0 Å². The molecule has 4 N–H and O–H groups in total. The Morgan fingerprint density at radius 2 is 2.11 bits per heavy atom. The fraction of sp³-hybridized carbons (Fsp3) is 0.571. The first-order chi connectivity index (χ1) is 8.29. The molecule has 0 amide bonds. The first-order valence-corrected chi connectivity index (χ1v) is 6.34. The van der Waals surface area contributed by atoms with E-state index in [1.54, 1.807) is 26.8 Å². The molecular weight excluding hydrogens is 231 g/mol. The molecule has 0 spiro atoms. The van der Waals surface area contributed by atoms with Crippen molar-refractivity contribution < 1.29 is 9.50 Å². The van der Waals surface area contributed by atoms with E-state index >= 15 is 0 Å². The van der Waals surface area contributed by atoms with Crippen LogP contribution < -0.4 is 11.1 Å². The van der Waals surface area contributed by atoms with E-state index in [0.717, 1.165) is 12.8 Å². The topological polar surface area (TPSA) is 58.3 Å². The second-order valence-electron chi connectivity index (χ2n) is 5.83. The van der Waals surface area contributed by atoms with Gasteiger partial charge >= 0.3 is 0 Å². The number of anilines is 2. The highest BCUT2D eigenvalue weighted by atomic mass is 19.1. The Morgan fingerprint density at radius 3 is 2.61 bits per heavy atom. The third-order valence-corrected chi connectivity index (χ3v) is 3.20. The van der Waals surface area contributed by atoms with Crippen molar-refractivity contribution in [3.8, 4) is 0 Å². The van der Waals surface area contributed by atoms with Gasteiger partial charge in [-0.3, -0.25) is 0 Å². The van der Waals surface area contributed by atoms with Crippen LogP contribution in [-0.2, 0) is 0 Å². The SMILES string of the molecule is Cc1cc(N)c(NCC(C)(C)O)c(C2CC2)c1F. The molecule has 0 heterocycles. The van der Waals surface area contributed by atoms with Gasteiger partial charge in [0, 0.05) is 12.1 Å². The Labute approximate surface area is 107 Å². The maximum atomic E-state index is 14.2. The molecule has 100 valence electrons. The van der Waals surface area contributed by atoms with E-state index in [0.29, 0.717) is 29.0 Å². The maximum Gasteiger partial charge on any atom is 0.131 e. The lowest BCUT2D eigenvalue weighted by Gasteiger charge is -2.22. The van der Waals surface area contributed by atoms with Crippen molar-refractivity contribution in [1.82, 2.24) is 0 Å². The summed E-state index contributed by atoms with van der Waals surface area (Å²) in [6.45, 7) is 5.49. The fourth-order valence-corrected chi connectivity index (χ4v) is 2.10. The Morgan fingerprint density at radius 1 is 1.50 bits per heavy atom. The lowest BCUT2D eigenvalue weighted by Crippen LogP contribution is -2.30. The van der Waals surface area contributed by atoms with Gasteiger partial charge in [-0.15, -0.1) is 0 Å². The molecule has 0 aromatic heterocycles. The molecule has 0 radical (unpaired) electrons. The van der Waals surface area contributed by atoms with Crippen LogP contribution in [0, 0.1) is 12.7 Å². The fourth-order valence-electron chi connectivity index (χ4n) is 2.10. The lowest BCUT2D eigenvalue weighted by atomic mass is 10.0. The van der Waals surface area contributed by atoms with E-state index < -0.39 is 5.60 Å². The first-order valence-electron chi connectivity index (χ1n) is 6.34. The zero-order valence-electron chi connectivity index (χ0n) is 11.2. The van der Waals surface area contributed by atoms with Crippen LogP contribution in [0.3, 0.4) is 0 Å². The number of nitrogen functional groups attached to an aromatic ring is 1. The van der Waals surface area contributed by atoms with Crippen molar-refractivity contribution in [2.45, 2.75) is 45.1 Å². The number of halogens is 1. The molecule has 1 aliphatic rings. The van der Waals surface area contributed by atoms with Crippen LogP contribution in [0.5, 0.6) is 0 Å². The minimum absolute atomic E-state index is 0.162. The van der Waals surface area contributed by atoms with Gasteiger partial charge in [0.05, 0.1) is 17.0 Å². The lowest BCUT2D eigenvalue weighted by molar-refractivity contribution is 0.0945. The number of aryl methyl sites for hydroxylation is 1. The Kier molecular flexibility index (Phi) is 3.23. The first kappa shape index (κ1) is 13.1. The van der Waals surface area contributed by atoms with Gasteiger partial charge in [0.15, 0.2) is 0 Å². The molecule has 3 nitrogen and oxygen atoms in total. The molecule has 2 rings (SSSR count). The Bertz CT molecular complexity index is 462. The predicted molar refractivity (Wildman–Crippen MR) is 72.3 cm³/mol. The number of benzene rings is 1. The highest BCUT2D eigenvalue weighted by molar-refractivity contribution is 5.73. The molecule has 0 unspecified atom stereocenters. The smallest absolute Gasteiger partial charge is 0.131 e. The van der Waals surface area contributed by atoms with E-state index in [-0.39, 0.29) is 11.7 Å². The summed E-state index contributed by atoms with van der Waals surface area (Å²) in [5, 5.41) is 12.8. The number of hydrogen-bond acceptors (Lipinski definition) is 3. The standard InChI is InChI=1S/C14H21FN2O/c1-8-6-10(16)13(17-7-14(2,3)18)11(12(8)15)9-4-5-9/h6,9,17-18H,4-5,7,16H2,1-3H3. The highest BCUT2D eigenvalue weighted by Gasteiger charge is 2.31. The largest absolute Gasteiger partial charge is 0.397 e. The molecule has 0 saturated heterocycles. The van der Waals surface area contributed by atoms with E-state index in [1.165, 1.54) is 0 Å². The van der Waals surface area contributed by atoms with Crippen molar-refractivity contribution in [2.75, 3.05) is 17.6 Å². The van der Waals surface area contributed by atoms with Gasteiger partial charge < -0.3 is 16.2 Å². The predicted octanol–water partition coefficient (Wildman–Crippen LogP) is 2.78. The highest BCUT2D eigenvalue weighted by Crippen LogP contribution is 2.47. The summed E-state index contributed by atoms with van der Waals surface area (Å²) >= 11 is 0. The second-order valence-corrected chi connectivity index (χ2v) is 5.83. The monoisotopic (exact) mass is 252 g/mol. The summed E-state index contributed by atoms with van der Waals surface area (Å²) in [6.07, 6.45) is 2.02. The normalized spacial score (nSPS) is 15.8. The van der Waals surface area contributed by atoms with Crippen LogP contribution in [0.25, 0.3) is 0 Å². The summed E-state index contributed by atoms with van der Waals surface area (Å²) < 4.78 is 14.2. The molecular formula is C14H21FN2O. The van der Waals surface area contributed by atoms with Gasteiger partial charge in [-0.05, 0) is 51.2 Å². The molecule has 0 bridgehead atoms. The van der Waals surface area contributed by atoms with Crippen molar-refractivity contribution in [1.29, 1.82) is 0 Å². The van der Waals surface area contributed by atoms with Crippen LogP contribution in [-0.4, -0.2) is 17.3 Å². The molecule has 1 aromatic rings. The minimum Gasteiger partial charge on any atom is -0.397 e. The van der Waals surface area contributed by atoms with Gasteiger partial charge in [-0.1, -0.05) is 0 Å². The summed E-state index contributed by atoms with van der Waals surface area (Å²) in [5.74, 6) is 0.112. The van der Waals surface area contributed by atoms with E-state index in [9.17, 15) is 9.50 Å². The van der Waals surface area contributed by atoms with Crippen LogP contribution in [0.4, 0.5) is 15.8 Å². The number of nitrogens with one attached hydrogen (secondary N) is 1. The van der Waals surface area contributed by atoms with Crippen molar-refractivity contribution in [2.24, 2.45) is 0 Å². The molecule has 18 heavy (non-hydrogen) atoms. The molecule has 0 aliphatic heterocycles. The number of rotatable bonds is 4. The number of aliphatic hydroxyl groups is 1. The average Bonchev–Trinajstić information content (AvgIpc) is 3.03. The van der Waals surface area contributed by atoms with Crippen molar-refractivity contribution in [3.63, 3.8) is 0 Å². The van der Waals surface area contributed by atoms with Crippen molar-refractivity contribution in [3.05, 3.63) is 23.0 Å².